The van der Waals surface area contributed by atoms with Crippen LogP contribution in [0.4, 0.5) is 14.5 Å². The summed E-state index contributed by atoms with van der Waals surface area (Å²) in [4.78, 5) is 11.4. The Hall–Kier alpha value is -1.69. The number of carbonyl (C=O) groups is 1. The van der Waals surface area contributed by atoms with Gasteiger partial charge >= 0.3 is 5.97 Å². The van der Waals surface area contributed by atoms with Crippen LogP contribution >= 0.6 is 0 Å². The Kier molecular flexibility index (Phi) is 3.21. The number of hydrogen-bond acceptors (Lipinski definition) is 4. The van der Waals surface area contributed by atoms with E-state index in [-0.39, 0.29) is 13.0 Å². The first-order chi connectivity index (χ1) is 8.43. The molecular weight excluding hydrogens is 242 g/mol. The van der Waals surface area contributed by atoms with E-state index in [1.807, 2.05) is 0 Å². The van der Waals surface area contributed by atoms with Crippen LogP contribution in [0.2, 0.25) is 0 Å². The van der Waals surface area contributed by atoms with E-state index >= 15 is 0 Å². The van der Waals surface area contributed by atoms with Crippen molar-refractivity contribution in [3.05, 3.63) is 29.3 Å². The molecule has 2 rings (SSSR count). The van der Waals surface area contributed by atoms with E-state index in [9.17, 15) is 13.6 Å². The van der Waals surface area contributed by atoms with Crippen molar-refractivity contribution in [2.45, 2.75) is 18.4 Å². The van der Waals surface area contributed by atoms with E-state index in [2.05, 4.69) is 10.1 Å². The van der Waals surface area contributed by atoms with Gasteiger partial charge in [0.15, 0.2) is 0 Å². The first-order valence-electron chi connectivity index (χ1n) is 5.52. The van der Waals surface area contributed by atoms with E-state index in [1.165, 1.54) is 25.3 Å². The highest BCUT2D eigenvalue weighted by Crippen LogP contribution is 2.36. The van der Waals surface area contributed by atoms with Gasteiger partial charge in [0.2, 0.25) is 0 Å². The Balaban J connectivity index is 2.30. The first kappa shape index (κ1) is 12.8. The summed E-state index contributed by atoms with van der Waals surface area (Å²) in [6, 6.07) is 4.00. The molecule has 0 radical (unpaired) electrons. The average Bonchev–Trinajstić information content (AvgIpc) is 2.69. The molecule has 0 spiro atoms. The van der Waals surface area contributed by atoms with E-state index in [0.29, 0.717) is 16.8 Å². The lowest BCUT2D eigenvalue weighted by atomic mass is 10.00. The molecule has 1 aliphatic heterocycles. The Bertz CT molecular complexity index is 477. The maximum absolute atomic E-state index is 13.1. The van der Waals surface area contributed by atoms with Crippen molar-refractivity contribution in [2.75, 3.05) is 19.4 Å². The second-order valence-corrected chi connectivity index (χ2v) is 4.33. The van der Waals surface area contributed by atoms with Gasteiger partial charge < -0.3 is 15.8 Å². The number of nitrogens with two attached hydrogens (primary N) is 1. The normalized spacial score (nSPS) is 21.8. The van der Waals surface area contributed by atoms with Crippen LogP contribution in [0.5, 0.6) is 0 Å². The highest BCUT2D eigenvalue weighted by atomic mass is 19.3. The van der Waals surface area contributed by atoms with Crippen LogP contribution in [0.3, 0.4) is 0 Å². The zero-order valence-corrected chi connectivity index (χ0v) is 9.87. The van der Waals surface area contributed by atoms with E-state index < -0.39 is 17.9 Å². The summed E-state index contributed by atoms with van der Waals surface area (Å²) in [5.74, 6) is -3.25. The topological polar surface area (TPSA) is 64.3 Å². The number of rotatable bonds is 2. The van der Waals surface area contributed by atoms with Gasteiger partial charge in [0.05, 0.1) is 19.2 Å². The summed E-state index contributed by atoms with van der Waals surface area (Å²) in [5.41, 5.74) is 6.96. The van der Waals surface area contributed by atoms with Gasteiger partial charge in [-0.1, -0.05) is 0 Å². The lowest BCUT2D eigenvalue weighted by Gasteiger charge is -2.14. The van der Waals surface area contributed by atoms with E-state index in [0.717, 1.165) is 0 Å². The van der Waals surface area contributed by atoms with Crippen LogP contribution in [0.15, 0.2) is 18.2 Å². The summed E-state index contributed by atoms with van der Waals surface area (Å²) in [7, 11) is 1.26. The van der Waals surface area contributed by atoms with Gasteiger partial charge in [-0.25, -0.2) is 13.6 Å². The first-order valence-corrected chi connectivity index (χ1v) is 5.52. The monoisotopic (exact) mass is 256 g/mol. The molecule has 1 aliphatic rings. The minimum absolute atomic E-state index is 0.304. The van der Waals surface area contributed by atoms with Gasteiger partial charge in [0.1, 0.15) is 0 Å². The predicted octanol–water partition coefficient (Wildman–Crippen LogP) is 1.73. The Morgan fingerprint density at radius 1 is 1.56 bits per heavy atom. The van der Waals surface area contributed by atoms with Gasteiger partial charge in [-0.05, 0) is 23.8 Å². The summed E-state index contributed by atoms with van der Waals surface area (Å²) in [5, 5.41) is 2.71. The van der Waals surface area contributed by atoms with Crippen molar-refractivity contribution < 1.29 is 18.3 Å². The lowest BCUT2D eigenvalue weighted by Crippen LogP contribution is -2.19. The van der Waals surface area contributed by atoms with E-state index in [4.69, 9.17) is 5.73 Å². The van der Waals surface area contributed by atoms with Crippen molar-refractivity contribution in [3.63, 3.8) is 0 Å². The third-order valence-corrected chi connectivity index (χ3v) is 2.99. The number of hydrogen-bond donors (Lipinski definition) is 2. The molecule has 1 aromatic rings. The predicted molar refractivity (Wildman–Crippen MR) is 62.5 cm³/mol. The Morgan fingerprint density at radius 3 is 2.83 bits per heavy atom. The summed E-state index contributed by atoms with van der Waals surface area (Å²) >= 11 is 0. The molecule has 3 N–H and O–H groups in total. The average molecular weight is 256 g/mol. The van der Waals surface area contributed by atoms with Crippen LogP contribution in [-0.2, 0) is 4.74 Å². The molecule has 0 amide bonds. The molecule has 4 nitrogen and oxygen atoms in total. The molecule has 18 heavy (non-hydrogen) atoms. The molecule has 0 unspecified atom stereocenters. The summed E-state index contributed by atoms with van der Waals surface area (Å²) < 4.78 is 30.9. The lowest BCUT2D eigenvalue weighted by molar-refractivity contribution is 0.0210. The van der Waals surface area contributed by atoms with Crippen LogP contribution in [0.25, 0.3) is 0 Å². The Labute approximate surface area is 103 Å². The number of ether oxygens (including phenoxy) is 1. The minimum Gasteiger partial charge on any atom is -0.465 e. The van der Waals surface area contributed by atoms with Gasteiger partial charge in [0, 0.05) is 18.2 Å². The maximum Gasteiger partial charge on any atom is 0.337 e. The molecule has 0 aromatic heterocycles. The zero-order valence-electron chi connectivity index (χ0n) is 9.87. The fraction of sp³-hybridized carbons (Fsp3) is 0.417. The van der Waals surface area contributed by atoms with Crippen molar-refractivity contribution in [1.29, 1.82) is 0 Å². The van der Waals surface area contributed by atoms with Gasteiger partial charge in [0.25, 0.3) is 5.92 Å². The number of benzene rings is 1. The third kappa shape index (κ3) is 2.43. The molecule has 1 saturated heterocycles. The van der Waals surface area contributed by atoms with E-state index in [1.54, 1.807) is 0 Å². The van der Waals surface area contributed by atoms with Crippen LogP contribution < -0.4 is 11.1 Å². The summed E-state index contributed by atoms with van der Waals surface area (Å²) in [6.07, 6.45) is -0.318. The zero-order chi connectivity index (χ0) is 13.3. The number of nitrogen functional groups attached to an aromatic ring is 1. The Morgan fingerprint density at radius 2 is 2.28 bits per heavy atom. The molecule has 0 aliphatic carbocycles. The van der Waals surface area contributed by atoms with Gasteiger partial charge in [-0.15, -0.1) is 0 Å². The number of esters is 1. The fourth-order valence-electron chi connectivity index (χ4n) is 2.06. The minimum atomic E-state index is -2.74. The second-order valence-electron chi connectivity index (χ2n) is 4.33. The number of halogens is 2. The second kappa shape index (κ2) is 4.53. The molecule has 1 heterocycles. The van der Waals surface area contributed by atoms with Gasteiger partial charge in [-0.3, -0.25) is 0 Å². The van der Waals surface area contributed by atoms with Crippen molar-refractivity contribution in [1.82, 2.24) is 5.32 Å². The third-order valence-electron chi connectivity index (χ3n) is 2.99. The molecule has 98 valence electrons. The molecule has 0 bridgehead atoms. The highest BCUT2D eigenvalue weighted by molar-refractivity contribution is 5.90. The number of anilines is 1. The highest BCUT2D eigenvalue weighted by Gasteiger charge is 2.40. The molecule has 0 saturated carbocycles. The number of nitrogens with one attached hydrogen (secondary N) is 1. The van der Waals surface area contributed by atoms with Crippen molar-refractivity contribution in [3.8, 4) is 0 Å². The maximum atomic E-state index is 13.1. The van der Waals surface area contributed by atoms with Crippen molar-refractivity contribution >= 4 is 11.7 Å². The largest absolute Gasteiger partial charge is 0.465 e. The quantitative estimate of drug-likeness (QED) is 0.624. The molecule has 6 heteroatoms. The van der Waals surface area contributed by atoms with Crippen molar-refractivity contribution in [2.24, 2.45) is 0 Å². The standard InChI is InChI=1S/C12H14F2N2O2/c1-18-11(17)7-2-3-9(15)8(4-7)10-5-12(13,14)6-16-10/h2-4,10,16H,5-6,15H2,1H3/t10-/m0/s1. The van der Waals surface area contributed by atoms with Crippen LogP contribution in [-0.4, -0.2) is 25.5 Å². The molecular formula is C12H14F2N2O2. The number of methoxy groups -OCH3 is 1. The summed E-state index contributed by atoms with van der Waals surface area (Å²) in [6.45, 7) is -0.375. The number of carbonyl (C=O) groups excluding carboxylic acids is 1. The van der Waals surface area contributed by atoms with Crippen LogP contribution in [0, 0.1) is 0 Å². The molecule has 1 fully saturated rings. The number of alkyl halides is 2. The molecule has 1 aromatic carbocycles. The fourth-order valence-corrected chi connectivity index (χ4v) is 2.06. The smallest absolute Gasteiger partial charge is 0.337 e. The van der Waals surface area contributed by atoms with Crippen LogP contribution in [0.1, 0.15) is 28.4 Å². The van der Waals surface area contributed by atoms with Gasteiger partial charge in [-0.2, -0.15) is 0 Å². The SMILES string of the molecule is COC(=O)c1ccc(N)c([C@@H]2CC(F)(F)CN2)c1. The molecule has 1 atom stereocenters.